The summed E-state index contributed by atoms with van der Waals surface area (Å²) in [7, 11) is 2.26. The standard InChI is InChI=1S/C11H24O2Si/c1-4-7-11(14(12-2)13-3)10-8-5-6-9-10/h10-11,14H,4-9H2,1-3H3. The summed E-state index contributed by atoms with van der Waals surface area (Å²) in [5, 5.41) is 0. The fourth-order valence-corrected chi connectivity index (χ4v) is 5.09. The molecule has 0 radical (unpaired) electrons. The minimum atomic E-state index is -1.38. The van der Waals surface area contributed by atoms with E-state index in [0.717, 1.165) is 11.5 Å². The molecular formula is C11H24O2Si. The van der Waals surface area contributed by atoms with E-state index < -0.39 is 9.28 Å². The lowest BCUT2D eigenvalue weighted by Gasteiger charge is -2.27. The summed E-state index contributed by atoms with van der Waals surface area (Å²) in [6, 6.07) is 0. The van der Waals surface area contributed by atoms with Crippen molar-refractivity contribution in [2.45, 2.75) is 51.0 Å². The van der Waals surface area contributed by atoms with Crippen LogP contribution in [0.1, 0.15) is 45.4 Å². The third kappa shape index (κ3) is 3.07. The maximum Gasteiger partial charge on any atom is 0.324 e. The van der Waals surface area contributed by atoms with Crippen LogP contribution in [0.15, 0.2) is 0 Å². The molecule has 0 amide bonds. The predicted molar refractivity (Wildman–Crippen MR) is 61.8 cm³/mol. The molecule has 1 aliphatic carbocycles. The van der Waals surface area contributed by atoms with Gasteiger partial charge in [-0.3, -0.25) is 0 Å². The monoisotopic (exact) mass is 216 g/mol. The minimum Gasteiger partial charge on any atom is -0.400 e. The van der Waals surface area contributed by atoms with Crippen molar-refractivity contribution in [3.8, 4) is 0 Å². The van der Waals surface area contributed by atoms with Gasteiger partial charge in [-0.15, -0.1) is 0 Å². The third-order valence-corrected chi connectivity index (χ3v) is 5.95. The molecule has 3 heteroatoms. The molecule has 0 aromatic rings. The quantitative estimate of drug-likeness (QED) is 0.636. The van der Waals surface area contributed by atoms with Crippen molar-refractivity contribution in [2.24, 2.45) is 5.92 Å². The molecule has 0 aromatic carbocycles. The molecule has 0 bridgehead atoms. The van der Waals surface area contributed by atoms with Crippen LogP contribution in [-0.4, -0.2) is 23.5 Å². The van der Waals surface area contributed by atoms with Crippen LogP contribution in [0.2, 0.25) is 5.54 Å². The zero-order valence-electron chi connectivity index (χ0n) is 9.79. The zero-order chi connectivity index (χ0) is 10.4. The fraction of sp³-hybridized carbons (Fsp3) is 1.00. The van der Waals surface area contributed by atoms with Gasteiger partial charge in [0.25, 0.3) is 0 Å². The van der Waals surface area contributed by atoms with Crippen LogP contribution in [0.3, 0.4) is 0 Å². The van der Waals surface area contributed by atoms with E-state index in [0.29, 0.717) is 0 Å². The van der Waals surface area contributed by atoms with Gasteiger partial charge in [-0.1, -0.05) is 39.0 Å². The van der Waals surface area contributed by atoms with Crippen LogP contribution in [-0.2, 0) is 8.85 Å². The molecule has 0 spiro atoms. The van der Waals surface area contributed by atoms with Crippen molar-refractivity contribution in [1.82, 2.24) is 0 Å². The summed E-state index contributed by atoms with van der Waals surface area (Å²) in [4.78, 5) is 0. The number of hydrogen-bond donors (Lipinski definition) is 0. The average Bonchev–Trinajstić information content (AvgIpc) is 2.71. The predicted octanol–water partition coefficient (Wildman–Crippen LogP) is 2.86. The molecule has 0 heterocycles. The maximum absolute atomic E-state index is 5.54. The van der Waals surface area contributed by atoms with E-state index in [4.69, 9.17) is 8.85 Å². The second-order valence-corrected chi connectivity index (χ2v) is 6.87. The van der Waals surface area contributed by atoms with Gasteiger partial charge in [0.15, 0.2) is 0 Å². The first-order valence-corrected chi connectivity index (χ1v) is 7.50. The first-order valence-electron chi connectivity index (χ1n) is 5.89. The van der Waals surface area contributed by atoms with Crippen molar-refractivity contribution < 1.29 is 8.85 Å². The van der Waals surface area contributed by atoms with E-state index in [1.54, 1.807) is 0 Å². The maximum atomic E-state index is 5.54. The van der Waals surface area contributed by atoms with Crippen LogP contribution in [0.25, 0.3) is 0 Å². The first-order chi connectivity index (χ1) is 6.83. The Kier molecular flexibility index (Phi) is 5.75. The Morgan fingerprint density at radius 3 is 2.21 bits per heavy atom. The summed E-state index contributed by atoms with van der Waals surface area (Å²) in [5.41, 5.74) is 0.748. The van der Waals surface area contributed by atoms with E-state index in [-0.39, 0.29) is 0 Å². The van der Waals surface area contributed by atoms with Gasteiger partial charge >= 0.3 is 9.28 Å². The van der Waals surface area contributed by atoms with Crippen LogP contribution >= 0.6 is 0 Å². The normalized spacial score (nSPS) is 20.6. The molecule has 1 saturated carbocycles. The Morgan fingerprint density at radius 2 is 1.79 bits per heavy atom. The van der Waals surface area contributed by atoms with Gasteiger partial charge in [0, 0.05) is 19.8 Å². The number of hydrogen-bond acceptors (Lipinski definition) is 2. The molecule has 1 fully saturated rings. The fourth-order valence-electron chi connectivity index (χ4n) is 2.76. The van der Waals surface area contributed by atoms with Gasteiger partial charge in [0.2, 0.25) is 0 Å². The molecule has 0 saturated heterocycles. The molecule has 0 aromatic heterocycles. The van der Waals surface area contributed by atoms with E-state index in [2.05, 4.69) is 6.92 Å². The van der Waals surface area contributed by atoms with Crippen LogP contribution in [0, 0.1) is 5.92 Å². The van der Waals surface area contributed by atoms with Crippen molar-refractivity contribution in [3.05, 3.63) is 0 Å². The van der Waals surface area contributed by atoms with Gasteiger partial charge in [-0.2, -0.15) is 0 Å². The molecular weight excluding hydrogens is 192 g/mol. The average molecular weight is 216 g/mol. The molecule has 2 nitrogen and oxygen atoms in total. The summed E-state index contributed by atoms with van der Waals surface area (Å²) in [5.74, 6) is 0.895. The highest BCUT2D eigenvalue weighted by Crippen LogP contribution is 2.39. The van der Waals surface area contributed by atoms with Crippen molar-refractivity contribution >= 4 is 9.28 Å². The summed E-state index contributed by atoms with van der Waals surface area (Å²) >= 11 is 0. The van der Waals surface area contributed by atoms with Gasteiger partial charge in [0.1, 0.15) is 0 Å². The van der Waals surface area contributed by atoms with E-state index in [1.165, 1.54) is 38.5 Å². The molecule has 1 atom stereocenters. The Bertz CT molecular complexity index is 140. The van der Waals surface area contributed by atoms with Gasteiger partial charge in [-0.05, 0) is 12.3 Å². The summed E-state index contributed by atoms with van der Waals surface area (Å²) in [6.07, 6.45) is 8.20. The van der Waals surface area contributed by atoms with Crippen molar-refractivity contribution in [1.29, 1.82) is 0 Å². The highest BCUT2D eigenvalue weighted by Gasteiger charge is 2.33. The SMILES string of the molecule is CCCC(C1CCCC1)[SiH](OC)OC. The molecule has 1 rings (SSSR count). The largest absolute Gasteiger partial charge is 0.400 e. The van der Waals surface area contributed by atoms with E-state index >= 15 is 0 Å². The first kappa shape index (κ1) is 12.2. The van der Waals surface area contributed by atoms with Gasteiger partial charge in [0.05, 0.1) is 0 Å². The van der Waals surface area contributed by atoms with Crippen molar-refractivity contribution in [2.75, 3.05) is 14.2 Å². The number of rotatable bonds is 6. The lowest BCUT2D eigenvalue weighted by Crippen LogP contribution is -2.30. The van der Waals surface area contributed by atoms with Crippen LogP contribution in [0.5, 0.6) is 0 Å². The molecule has 1 unspecified atom stereocenters. The van der Waals surface area contributed by atoms with E-state index in [1.807, 2.05) is 14.2 Å². The lowest BCUT2D eigenvalue weighted by molar-refractivity contribution is 0.244. The minimum absolute atomic E-state index is 0.748. The second kappa shape index (κ2) is 6.59. The topological polar surface area (TPSA) is 18.5 Å². The Labute approximate surface area is 89.8 Å². The van der Waals surface area contributed by atoms with Crippen LogP contribution in [0.4, 0.5) is 0 Å². The van der Waals surface area contributed by atoms with Crippen LogP contribution < -0.4 is 0 Å². The van der Waals surface area contributed by atoms with Crippen molar-refractivity contribution in [3.63, 3.8) is 0 Å². The third-order valence-electron chi connectivity index (χ3n) is 3.44. The van der Waals surface area contributed by atoms with E-state index in [9.17, 15) is 0 Å². The second-order valence-electron chi connectivity index (χ2n) is 4.34. The summed E-state index contributed by atoms with van der Waals surface area (Å²) in [6.45, 7) is 2.26. The summed E-state index contributed by atoms with van der Waals surface area (Å²) < 4.78 is 11.1. The molecule has 0 aliphatic heterocycles. The highest BCUT2D eigenvalue weighted by molar-refractivity contribution is 6.46. The Balaban J connectivity index is 2.51. The van der Waals surface area contributed by atoms with Gasteiger partial charge < -0.3 is 8.85 Å². The molecule has 1 aliphatic rings. The Morgan fingerprint density at radius 1 is 1.21 bits per heavy atom. The molecule has 84 valence electrons. The smallest absolute Gasteiger partial charge is 0.324 e. The molecule has 14 heavy (non-hydrogen) atoms. The Hall–Kier alpha value is 0.137. The lowest BCUT2D eigenvalue weighted by atomic mass is 10.00. The van der Waals surface area contributed by atoms with Gasteiger partial charge in [-0.25, -0.2) is 0 Å². The zero-order valence-corrected chi connectivity index (χ0v) is 10.9. The highest BCUT2D eigenvalue weighted by atomic mass is 28.3. The molecule has 0 N–H and O–H groups in total.